The first-order valence-electron chi connectivity index (χ1n) is 4.27. The van der Waals surface area contributed by atoms with Crippen molar-refractivity contribution in [2.24, 2.45) is 5.73 Å². The molecule has 5 nitrogen and oxygen atoms in total. The zero-order chi connectivity index (χ0) is 9.23. The third kappa shape index (κ3) is 7.90. The number of hydrogen-bond donors (Lipinski definition) is 4. The number of aliphatic hydroxyl groups is 1. The third-order valence-electron chi connectivity index (χ3n) is 1.44. The standard InChI is InChI=1S/C7H20N4O/c1-11(6-7-12)10-5-4-9-3-2-8/h9-10,12H,2-8H2,1H3. The fourth-order valence-corrected chi connectivity index (χ4v) is 0.791. The molecule has 0 atom stereocenters. The number of aliphatic hydroxyl groups excluding tert-OH is 1. The van der Waals surface area contributed by atoms with E-state index in [9.17, 15) is 0 Å². The van der Waals surface area contributed by atoms with Gasteiger partial charge in [-0.1, -0.05) is 0 Å². The van der Waals surface area contributed by atoms with Crippen LogP contribution in [0.1, 0.15) is 0 Å². The number of nitrogens with zero attached hydrogens (tertiary/aromatic N) is 1. The first-order valence-corrected chi connectivity index (χ1v) is 4.27. The van der Waals surface area contributed by atoms with E-state index in [4.69, 9.17) is 10.8 Å². The lowest BCUT2D eigenvalue weighted by Gasteiger charge is -2.16. The van der Waals surface area contributed by atoms with Gasteiger partial charge in [0.25, 0.3) is 0 Å². The summed E-state index contributed by atoms with van der Waals surface area (Å²) < 4.78 is 0. The summed E-state index contributed by atoms with van der Waals surface area (Å²) in [5, 5.41) is 13.6. The molecule has 0 heterocycles. The predicted octanol–water partition coefficient (Wildman–Crippen LogP) is -2.04. The fourth-order valence-electron chi connectivity index (χ4n) is 0.791. The van der Waals surface area contributed by atoms with Gasteiger partial charge in [0.1, 0.15) is 0 Å². The Hall–Kier alpha value is -0.200. The maximum Gasteiger partial charge on any atom is 0.0572 e. The largest absolute Gasteiger partial charge is 0.395 e. The topological polar surface area (TPSA) is 73.5 Å². The number of nitrogens with one attached hydrogen (secondary N) is 2. The molecule has 0 aliphatic heterocycles. The van der Waals surface area contributed by atoms with Crippen LogP contribution in [0.4, 0.5) is 0 Å². The van der Waals surface area contributed by atoms with Gasteiger partial charge in [-0.3, -0.25) is 5.43 Å². The molecule has 0 saturated carbocycles. The normalized spacial score (nSPS) is 11.0. The average Bonchev–Trinajstić information content (AvgIpc) is 2.05. The van der Waals surface area contributed by atoms with Gasteiger partial charge in [0.15, 0.2) is 0 Å². The Morgan fingerprint density at radius 2 is 2.08 bits per heavy atom. The molecule has 0 aromatic heterocycles. The van der Waals surface area contributed by atoms with Crippen LogP contribution < -0.4 is 16.5 Å². The van der Waals surface area contributed by atoms with Gasteiger partial charge in [-0.25, -0.2) is 5.01 Å². The summed E-state index contributed by atoms with van der Waals surface area (Å²) in [5.74, 6) is 0. The highest BCUT2D eigenvalue weighted by Gasteiger charge is 1.93. The Labute approximate surface area is 73.9 Å². The van der Waals surface area contributed by atoms with Gasteiger partial charge >= 0.3 is 0 Å². The fraction of sp³-hybridized carbons (Fsp3) is 1.00. The molecule has 0 unspecified atom stereocenters. The lowest BCUT2D eigenvalue weighted by Crippen LogP contribution is -2.41. The zero-order valence-corrected chi connectivity index (χ0v) is 7.71. The van der Waals surface area contributed by atoms with Crippen LogP contribution in [0.15, 0.2) is 0 Å². The van der Waals surface area contributed by atoms with Crippen LogP contribution in [0.2, 0.25) is 0 Å². The van der Waals surface area contributed by atoms with Crippen LogP contribution in [0, 0.1) is 0 Å². The van der Waals surface area contributed by atoms with Crippen molar-refractivity contribution >= 4 is 0 Å². The van der Waals surface area contributed by atoms with Crippen LogP contribution in [0.25, 0.3) is 0 Å². The lowest BCUT2D eigenvalue weighted by atomic mass is 10.5. The monoisotopic (exact) mass is 176 g/mol. The number of hydrazine groups is 1. The van der Waals surface area contributed by atoms with Crippen molar-refractivity contribution in [2.45, 2.75) is 0 Å². The lowest BCUT2D eigenvalue weighted by molar-refractivity contribution is 0.174. The second kappa shape index (κ2) is 8.89. The summed E-state index contributed by atoms with van der Waals surface area (Å²) in [6.45, 7) is 4.11. The van der Waals surface area contributed by atoms with Crippen LogP contribution in [-0.4, -0.2) is 56.5 Å². The Kier molecular flexibility index (Phi) is 8.74. The van der Waals surface area contributed by atoms with Crippen molar-refractivity contribution in [1.82, 2.24) is 15.8 Å². The minimum atomic E-state index is 0.180. The molecule has 12 heavy (non-hydrogen) atoms. The highest BCUT2D eigenvalue weighted by Crippen LogP contribution is 1.71. The van der Waals surface area contributed by atoms with Gasteiger partial charge in [0.2, 0.25) is 0 Å². The van der Waals surface area contributed by atoms with E-state index in [0.717, 1.165) is 19.6 Å². The minimum absolute atomic E-state index is 0.180. The van der Waals surface area contributed by atoms with Crippen LogP contribution in [-0.2, 0) is 0 Å². The predicted molar refractivity (Wildman–Crippen MR) is 49.6 cm³/mol. The van der Waals surface area contributed by atoms with Gasteiger partial charge in [-0.05, 0) is 0 Å². The number of likely N-dealkylation sites (N-methyl/N-ethyl adjacent to an activating group) is 1. The highest BCUT2D eigenvalue weighted by atomic mass is 16.3. The molecule has 0 rings (SSSR count). The molecular formula is C7H20N4O. The van der Waals surface area contributed by atoms with Gasteiger partial charge < -0.3 is 16.2 Å². The molecule has 74 valence electrons. The Bertz CT molecular complexity index is 91.5. The van der Waals surface area contributed by atoms with Crippen molar-refractivity contribution in [3.05, 3.63) is 0 Å². The Morgan fingerprint density at radius 3 is 2.67 bits per heavy atom. The molecule has 5 heteroatoms. The van der Waals surface area contributed by atoms with Gasteiger partial charge in [0, 0.05) is 39.8 Å². The second-order valence-corrected chi connectivity index (χ2v) is 2.59. The molecule has 5 N–H and O–H groups in total. The summed E-state index contributed by atoms with van der Waals surface area (Å²) in [4.78, 5) is 0. The average molecular weight is 176 g/mol. The Balaban J connectivity index is 2.97. The number of hydrogen-bond acceptors (Lipinski definition) is 5. The molecule has 0 fully saturated rings. The molecule has 0 bridgehead atoms. The first-order chi connectivity index (χ1) is 5.81. The minimum Gasteiger partial charge on any atom is -0.395 e. The summed E-state index contributed by atoms with van der Waals surface area (Å²) in [5.41, 5.74) is 8.40. The smallest absolute Gasteiger partial charge is 0.0572 e. The van der Waals surface area contributed by atoms with Crippen molar-refractivity contribution < 1.29 is 5.11 Å². The highest BCUT2D eigenvalue weighted by molar-refractivity contribution is 4.50. The molecule has 0 aliphatic rings. The van der Waals surface area contributed by atoms with E-state index in [1.807, 2.05) is 12.1 Å². The molecule has 0 aromatic carbocycles. The number of nitrogens with two attached hydrogens (primary N) is 1. The summed E-state index contributed by atoms with van der Waals surface area (Å²) >= 11 is 0. The molecule has 0 spiro atoms. The maximum absolute atomic E-state index is 8.56. The van der Waals surface area contributed by atoms with Crippen LogP contribution in [0.5, 0.6) is 0 Å². The zero-order valence-electron chi connectivity index (χ0n) is 7.71. The van der Waals surface area contributed by atoms with Crippen molar-refractivity contribution in [1.29, 1.82) is 0 Å². The van der Waals surface area contributed by atoms with Crippen molar-refractivity contribution in [3.63, 3.8) is 0 Å². The van der Waals surface area contributed by atoms with E-state index < -0.39 is 0 Å². The maximum atomic E-state index is 8.56. The SMILES string of the molecule is CN(CCO)NCCNCCN. The van der Waals surface area contributed by atoms with E-state index in [0.29, 0.717) is 13.1 Å². The molecule has 0 aromatic rings. The quantitative estimate of drug-likeness (QED) is 0.253. The number of rotatable bonds is 8. The van der Waals surface area contributed by atoms with Crippen molar-refractivity contribution in [2.75, 3.05) is 46.4 Å². The van der Waals surface area contributed by atoms with Gasteiger partial charge in [0.05, 0.1) is 6.61 Å². The van der Waals surface area contributed by atoms with E-state index in [1.165, 1.54) is 0 Å². The van der Waals surface area contributed by atoms with Crippen LogP contribution >= 0.6 is 0 Å². The summed E-state index contributed by atoms with van der Waals surface area (Å²) in [7, 11) is 1.90. The van der Waals surface area contributed by atoms with Gasteiger partial charge in [-0.15, -0.1) is 0 Å². The molecule has 0 radical (unpaired) electrons. The molecular weight excluding hydrogens is 156 g/mol. The second-order valence-electron chi connectivity index (χ2n) is 2.59. The third-order valence-corrected chi connectivity index (χ3v) is 1.44. The van der Waals surface area contributed by atoms with Crippen molar-refractivity contribution in [3.8, 4) is 0 Å². The summed E-state index contributed by atoms with van der Waals surface area (Å²) in [6.07, 6.45) is 0. The van der Waals surface area contributed by atoms with E-state index in [1.54, 1.807) is 0 Å². The van der Waals surface area contributed by atoms with Crippen LogP contribution in [0.3, 0.4) is 0 Å². The first kappa shape index (κ1) is 11.8. The summed E-state index contributed by atoms with van der Waals surface area (Å²) in [6, 6.07) is 0. The molecule has 0 aliphatic carbocycles. The van der Waals surface area contributed by atoms with E-state index in [-0.39, 0.29) is 6.61 Å². The molecule has 0 amide bonds. The van der Waals surface area contributed by atoms with E-state index >= 15 is 0 Å². The van der Waals surface area contributed by atoms with Gasteiger partial charge in [-0.2, -0.15) is 0 Å². The van der Waals surface area contributed by atoms with E-state index in [2.05, 4.69) is 10.7 Å². The molecule has 0 saturated heterocycles. The Morgan fingerprint density at radius 1 is 1.33 bits per heavy atom.